The van der Waals surface area contributed by atoms with E-state index in [2.05, 4.69) is 69.3 Å². The van der Waals surface area contributed by atoms with E-state index in [4.69, 9.17) is 14.2 Å². The Kier molecular flexibility index (Phi) is 5.41. The Balaban J connectivity index is 2.02. The summed E-state index contributed by atoms with van der Waals surface area (Å²) in [5.41, 5.74) is 0. The molecular formula is C20H26O4Si. The van der Waals surface area contributed by atoms with Crippen LogP contribution in [0.4, 0.5) is 0 Å². The van der Waals surface area contributed by atoms with Crippen molar-refractivity contribution in [1.29, 1.82) is 0 Å². The van der Waals surface area contributed by atoms with Crippen LogP contribution in [0.3, 0.4) is 0 Å². The van der Waals surface area contributed by atoms with Gasteiger partial charge in [0, 0.05) is 6.42 Å². The predicted molar refractivity (Wildman–Crippen MR) is 100 cm³/mol. The smallest absolute Gasteiger partial charge is 0.261 e. The maximum atomic E-state index is 9.53. The molecule has 0 radical (unpaired) electrons. The zero-order chi connectivity index (χ0) is 17.9. The average Bonchev–Trinajstić information content (AvgIpc) is 3.02. The molecule has 0 spiro atoms. The van der Waals surface area contributed by atoms with Gasteiger partial charge >= 0.3 is 0 Å². The van der Waals surface area contributed by atoms with Crippen molar-refractivity contribution in [2.75, 3.05) is 6.61 Å². The summed E-state index contributed by atoms with van der Waals surface area (Å²) in [5.74, 6) is 0. The van der Waals surface area contributed by atoms with Crippen LogP contribution in [0.2, 0.25) is 5.04 Å². The number of benzene rings is 2. The van der Waals surface area contributed by atoms with Gasteiger partial charge in [-0.15, -0.1) is 0 Å². The molecule has 2 aromatic rings. The summed E-state index contributed by atoms with van der Waals surface area (Å²) in [5, 5.41) is 11.9. The molecule has 0 amide bonds. The van der Waals surface area contributed by atoms with Crippen LogP contribution in [0.5, 0.6) is 0 Å². The summed E-state index contributed by atoms with van der Waals surface area (Å²) in [6.07, 6.45) is -0.692. The molecule has 0 saturated carbocycles. The first-order valence-corrected chi connectivity index (χ1v) is 10.6. The number of hydrogen-bond acceptors (Lipinski definition) is 4. The SMILES string of the molecule is CC(C)(C)[Si](OCC1CC(O)OO1)(c1ccccc1)c1ccccc1. The molecule has 0 aromatic heterocycles. The standard InChI is InChI=1S/C20H26O4Si/c1-20(2,3)25(17-10-6-4-7-11-17,18-12-8-5-9-13-18)22-15-16-14-19(21)24-23-16/h4-13,16,19,21H,14-15H2,1-3H3. The lowest BCUT2D eigenvalue weighted by atomic mass is 10.2. The van der Waals surface area contributed by atoms with Gasteiger partial charge in [-0.3, -0.25) is 0 Å². The van der Waals surface area contributed by atoms with E-state index in [1.807, 2.05) is 12.1 Å². The second-order valence-electron chi connectivity index (χ2n) is 7.48. The van der Waals surface area contributed by atoms with Gasteiger partial charge in [0.2, 0.25) is 0 Å². The molecule has 5 heteroatoms. The molecule has 2 unspecified atom stereocenters. The number of aliphatic hydroxyl groups excluding tert-OH is 1. The fraction of sp³-hybridized carbons (Fsp3) is 0.400. The van der Waals surface area contributed by atoms with Crippen molar-refractivity contribution in [1.82, 2.24) is 0 Å². The molecule has 1 N–H and O–H groups in total. The second kappa shape index (κ2) is 7.39. The number of rotatable bonds is 5. The maximum Gasteiger partial charge on any atom is 0.261 e. The summed E-state index contributed by atoms with van der Waals surface area (Å²) in [6, 6.07) is 20.9. The number of aliphatic hydroxyl groups is 1. The van der Waals surface area contributed by atoms with Crippen LogP contribution >= 0.6 is 0 Å². The number of hydrogen-bond donors (Lipinski definition) is 1. The maximum absolute atomic E-state index is 9.53. The third-order valence-corrected chi connectivity index (χ3v) is 9.67. The van der Waals surface area contributed by atoms with E-state index in [0.717, 1.165) is 0 Å². The molecule has 3 rings (SSSR count). The van der Waals surface area contributed by atoms with Crippen molar-refractivity contribution in [2.45, 2.75) is 44.6 Å². The zero-order valence-corrected chi connectivity index (χ0v) is 16.0. The Bertz CT molecular complexity index is 630. The second-order valence-corrected chi connectivity index (χ2v) is 11.8. The molecular weight excluding hydrogens is 332 g/mol. The summed E-state index contributed by atoms with van der Waals surface area (Å²) in [7, 11) is -2.56. The fourth-order valence-corrected chi connectivity index (χ4v) is 8.11. The van der Waals surface area contributed by atoms with Gasteiger partial charge in [0.15, 0.2) is 6.29 Å². The Morgan fingerprint density at radius 1 is 0.960 bits per heavy atom. The Morgan fingerprint density at radius 3 is 1.88 bits per heavy atom. The summed E-state index contributed by atoms with van der Waals surface area (Å²) in [6.45, 7) is 7.10. The topological polar surface area (TPSA) is 47.9 Å². The summed E-state index contributed by atoms with van der Waals surface area (Å²) >= 11 is 0. The van der Waals surface area contributed by atoms with Crippen LogP contribution < -0.4 is 10.4 Å². The van der Waals surface area contributed by atoms with Crippen molar-refractivity contribution in [3.05, 3.63) is 60.7 Å². The van der Waals surface area contributed by atoms with Crippen LogP contribution in [-0.2, 0) is 14.2 Å². The summed E-state index contributed by atoms with van der Waals surface area (Å²) in [4.78, 5) is 10.0. The Hall–Kier alpha value is -1.50. The first kappa shape index (κ1) is 18.3. The molecule has 0 bridgehead atoms. The van der Waals surface area contributed by atoms with E-state index >= 15 is 0 Å². The van der Waals surface area contributed by atoms with E-state index in [9.17, 15) is 5.11 Å². The van der Waals surface area contributed by atoms with Gasteiger partial charge in [-0.05, 0) is 15.4 Å². The Labute approximate surface area is 150 Å². The third kappa shape index (κ3) is 3.71. The van der Waals surface area contributed by atoms with Crippen LogP contribution in [-0.4, -0.2) is 32.4 Å². The normalized spacial score (nSPS) is 21.4. The highest BCUT2D eigenvalue weighted by Gasteiger charge is 2.50. The van der Waals surface area contributed by atoms with Crippen molar-refractivity contribution < 1.29 is 19.3 Å². The summed E-state index contributed by atoms with van der Waals surface area (Å²) < 4.78 is 6.72. The fourth-order valence-electron chi connectivity index (χ4n) is 3.52. The molecule has 1 saturated heterocycles. The van der Waals surface area contributed by atoms with Crippen LogP contribution in [0.15, 0.2) is 60.7 Å². The van der Waals surface area contributed by atoms with Gasteiger partial charge in [-0.25, -0.2) is 9.78 Å². The minimum absolute atomic E-state index is 0.0756. The lowest BCUT2D eigenvalue weighted by Crippen LogP contribution is -2.67. The van der Waals surface area contributed by atoms with E-state index in [1.54, 1.807) is 0 Å². The van der Waals surface area contributed by atoms with E-state index < -0.39 is 14.6 Å². The van der Waals surface area contributed by atoms with Crippen molar-refractivity contribution in [2.24, 2.45) is 0 Å². The van der Waals surface area contributed by atoms with Crippen molar-refractivity contribution in [3.8, 4) is 0 Å². The lowest BCUT2D eigenvalue weighted by Gasteiger charge is -2.43. The van der Waals surface area contributed by atoms with Gasteiger partial charge in [-0.2, -0.15) is 0 Å². The van der Waals surface area contributed by atoms with E-state index in [0.29, 0.717) is 13.0 Å². The molecule has 1 aliphatic rings. The molecule has 2 atom stereocenters. The quantitative estimate of drug-likeness (QED) is 0.659. The zero-order valence-electron chi connectivity index (χ0n) is 15.0. The van der Waals surface area contributed by atoms with Gasteiger partial charge in [0.05, 0.1) is 6.61 Å². The van der Waals surface area contributed by atoms with Crippen molar-refractivity contribution in [3.63, 3.8) is 0 Å². The average molecular weight is 359 g/mol. The monoisotopic (exact) mass is 358 g/mol. The Morgan fingerprint density at radius 2 is 1.48 bits per heavy atom. The highest BCUT2D eigenvalue weighted by atomic mass is 28.4. The largest absolute Gasteiger partial charge is 0.405 e. The van der Waals surface area contributed by atoms with Crippen LogP contribution in [0.25, 0.3) is 0 Å². The highest BCUT2D eigenvalue weighted by molar-refractivity contribution is 6.99. The molecule has 2 aromatic carbocycles. The van der Waals surface area contributed by atoms with Gasteiger partial charge < -0.3 is 9.53 Å². The molecule has 134 valence electrons. The molecule has 1 aliphatic heterocycles. The minimum Gasteiger partial charge on any atom is -0.405 e. The van der Waals surface area contributed by atoms with Crippen molar-refractivity contribution >= 4 is 18.7 Å². The van der Waals surface area contributed by atoms with E-state index in [1.165, 1.54) is 10.4 Å². The first-order valence-electron chi connectivity index (χ1n) is 8.69. The van der Waals surface area contributed by atoms with Gasteiger partial charge in [-0.1, -0.05) is 81.4 Å². The molecule has 0 aliphatic carbocycles. The van der Waals surface area contributed by atoms with E-state index in [-0.39, 0.29) is 11.1 Å². The highest BCUT2D eigenvalue weighted by Crippen LogP contribution is 2.37. The lowest BCUT2D eigenvalue weighted by molar-refractivity contribution is -0.334. The van der Waals surface area contributed by atoms with Crippen LogP contribution in [0.1, 0.15) is 27.2 Å². The predicted octanol–water partition coefficient (Wildman–Crippen LogP) is 2.60. The van der Waals surface area contributed by atoms with Gasteiger partial charge in [0.25, 0.3) is 8.32 Å². The molecule has 1 heterocycles. The molecule has 25 heavy (non-hydrogen) atoms. The van der Waals surface area contributed by atoms with Crippen LogP contribution in [0, 0.1) is 0 Å². The third-order valence-electron chi connectivity index (χ3n) is 4.67. The van der Waals surface area contributed by atoms with Gasteiger partial charge in [0.1, 0.15) is 6.10 Å². The first-order chi connectivity index (χ1) is 11.9. The molecule has 4 nitrogen and oxygen atoms in total. The minimum atomic E-state index is -2.56. The molecule has 1 fully saturated rings.